The van der Waals surface area contributed by atoms with Gasteiger partial charge in [-0.05, 0) is 119 Å². The van der Waals surface area contributed by atoms with Crippen LogP contribution < -0.4 is 15.4 Å². The summed E-state index contributed by atoms with van der Waals surface area (Å²) in [6, 6.07) is -1.76. The molecule has 1 heterocycles. The second-order valence-corrected chi connectivity index (χ2v) is 19.9. The summed E-state index contributed by atoms with van der Waals surface area (Å²) < 4.78 is 58.5. The zero-order valence-electron chi connectivity index (χ0n) is 29.7. The summed E-state index contributed by atoms with van der Waals surface area (Å²) in [7, 11) is -7.51. The van der Waals surface area contributed by atoms with Crippen LogP contribution in [0.4, 0.5) is 0 Å². The molecular formula is C35H62N4O7S2. The van der Waals surface area contributed by atoms with Crippen LogP contribution in [0.2, 0.25) is 0 Å². The first-order valence-electron chi connectivity index (χ1n) is 18.7. The van der Waals surface area contributed by atoms with Crippen LogP contribution in [0.25, 0.3) is 0 Å². The molecule has 0 bridgehead atoms. The van der Waals surface area contributed by atoms with Gasteiger partial charge in [-0.25, -0.2) is 21.6 Å². The molecule has 0 radical (unpaired) electrons. The highest BCUT2D eigenvalue weighted by Crippen LogP contribution is 2.36. The van der Waals surface area contributed by atoms with Gasteiger partial charge in [0, 0.05) is 25.0 Å². The minimum Gasteiger partial charge on any atom is -0.480 e. The van der Waals surface area contributed by atoms with Crippen LogP contribution in [0.3, 0.4) is 0 Å². The van der Waals surface area contributed by atoms with Gasteiger partial charge >= 0.3 is 5.97 Å². The molecule has 3 saturated carbocycles. The van der Waals surface area contributed by atoms with Gasteiger partial charge in [0.1, 0.15) is 12.1 Å². The van der Waals surface area contributed by atoms with Gasteiger partial charge in [-0.1, -0.05) is 40.5 Å². The quantitative estimate of drug-likeness (QED) is 0.155. The number of hydrogen-bond donors (Lipinski definition) is 4. The molecule has 4 atom stereocenters. The molecule has 276 valence electrons. The number of carboxylic acid groups (broad SMARTS) is 1. The Hall–Kier alpha value is -1.70. The summed E-state index contributed by atoms with van der Waals surface area (Å²) >= 11 is 0. The average Bonchev–Trinajstić information content (AvgIpc) is 3.44. The Morgan fingerprint density at radius 2 is 1.50 bits per heavy atom. The number of carbonyl (C=O) groups is 2. The molecule has 4 N–H and O–H groups in total. The Morgan fingerprint density at radius 1 is 0.896 bits per heavy atom. The largest absolute Gasteiger partial charge is 0.480 e. The van der Waals surface area contributed by atoms with Crippen molar-refractivity contribution in [1.82, 2.24) is 19.7 Å². The SMILES string of the molecule is CC(C)CN([C@@H](CCCCNC(=O)[C@H](CC1=CNC2CCCCC12)NS(=O)(=O)C1CCC(C)CC1)C(=O)O)S(=O)(=O)C1CCC(C)CC1. The zero-order chi connectivity index (χ0) is 35.1. The lowest BCUT2D eigenvalue weighted by atomic mass is 9.80. The molecule has 13 heteroatoms. The molecule has 1 aliphatic heterocycles. The van der Waals surface area contributed by atoms with Crippen molar-refractivity contribution in [2.45, 2.75) is 159 Å². The third kappa shape index (κ3) is 10.4. The number of fused-ring (bicyclic) bond motifs is 1. The predicted molar refractivity (Wildman–Crippen MR) is 189 cm³/mol. The van der Waals surface area contributed by atoms with E-state index in [-0.39, 0.29) is 31.3 Å². The Kier molecular flexibility index (Phi) is 14.2. The van der Waals surface area contributed by atoms with E-state index < -0.39 is 48.6 Å². The molecule has 11 nitrogen and oxygen atoms in total. The van der Waals surface area contributed by atoms with E-state index >= 15 is 0 Å². The number of sulfonamides is 2. The van der Waals surface area contributed by atoms with Crippen molar-refractivity contribution in [3.05, 3.63) is 11.8 Å². The monoisotopic (exact) mass is 714 g/mol. The number of amides is 1. The van der Waals surface area contributed by atoms with Gasteiger partial charge in [0.2, 0.25) is 26.0 Å². The smallest absolute Gasteiger partial charge is 0.322 e. The molecule has 0 aromatic carbocycles. The van der Waals surface area contributed by atoms with Crippen molar-refractivity contribution in [3.8, 4) is 0 Å². The van der Waals surface area contributed by atoms with Crippen molar-refractivity contribution in [2.24, 2.45) is 23.7 Å². The van der Waals surface area contributed by atoms with E-state index in [1.165, 1.54) is 4.31 Å². The zero-order valence-corrected chi connectivity index (χ0v) is 31.3. The molecule has 4 rings (SSSR count). The number of nitrogens with zero attached hydrogens (tertiary/aromatic N) is 1. The summed E-state index contributed by atoms with van der Waals surface area (Å²) in [5.74, 6) is -0.281. The normalized spacial score (nSPS) is 29.5. The molecule has 3 aliphatic carbocycles. The minimum atomic E-state index is -3.80. The topological polar surface area (TPSA) is 162 Å². The van der Waals surface area contributed by atoms with Gasteiger partial charge < -0.3 is 15.7 Å². The number of carbonyl (C=O) groups excluding carboxylic acids is 1. The van der Waals surface area contributed by atoms with E-state index in [4.69, 9.17) is 0 Å². The van der Waals surface area contributed by atoms with Crippen LogP contribution in [-0.4, -0.2) is 79.8 Å². The molecule has 0 saturated heterocycles. The van der Waals surface area contributed by atoms with Crippen LogP contribution >= 0.6 is 0 Å². The number of hydrogen-bond acceptors (Lipinski definition) is 7. The third-order valence-electron chi connectivity index (χ3n) is 11.3. The molecule has 48 heavy (non-hydrogen) atoms. The van der Waals surface area contributed by atoms with Gasteiger partial charge in [-0.3, -0.25) is 9.59 Å². The minimum absolute atomic E-state index is 0.0322. The fourth-order valence-corrected chi connectivity index (χ4v) is 12.2. The average molecular weight is 715 g/mol. The first kappa shape index (κ1) is 39.1. The maximum Gasteiger partial charge on any atom is 0.322 e. The number of unbranched alkanes of at least 4 members (excludes halogenated alkanes) is 1. The Labute approximate surface area is 289 Å². The predicted octanol–water partition coefficient (Wildman–Crippen LogP) is 4.90. The summed E-state index contributed by atoms with van der Waals surface area (Å²) in [6.45, 7) is 8.44. The van der Waals surface area contributed by atoms with E-state index in [2.05, 4.69) is 29.2 Å². The fraction of sp³-hybridized carbons (Fsp3) is 0.886. The summed E-state index contributed by atoms with van der Waals surface area (Å²) in [4.78, 5) is 26.1. The van der Waals surface area contributed by atoms with Crippen LogP contribution in [-0.2, 0) is 29.6 Å². The van der Waals surface area contributed by atoms with Gasteiger partial charge in [-0.15, -0.1) is 0 Å². The van der Waals surface area contributed by atoms with Crippen molar-refractivity contribution < 1.29 is 31.5 Å². The first-order chi connectivity index (χ1) is 22.7. The molecule has 0 aromatic rings. The molecule has 0 spiro atoms. The lowest BCUT2D eigenvalue weighted by Crippen LogP contribution is -2.51. The van der Waals surface area contributed by atoms with E-state index in [1.54, 1.807) is 0 Å². The fourth-order valence-electron chi connectivity index (χ4n) is 8.24. The maximum atomic E-state index is 13.7. The highest BCUT2D eigenvalue weighted by molar-refractivity contribution is 7.90. The summed E-state index contributed by atoms with van der Waals surface area (Å²) in [6.07, 6.45) is 13.3. The maximum absolute atomic E-state index is 13.7. The van der Waals surface area contributed by atoms with Gasteiger partial charge in [0.05, 0.1) is 10.5 Å². The molecule has 4 aliphatic rings. The molecular weight excluding hydrogens is 653 g/mol. The molecule has 3 fully saturated rings. The Balaban J connectivity index is 1.37. The van der Waals surface area contributed by atoms with Gasteiger partial charge in [0.25, 0.3) is 0 Å². The van der Waals surface area contributed by atoms with Crippen LogP contribution in [0.1, 0.15) is 130 Å². The number of rotatable bonds is 17. The van der Waals surface area contributed by atoms with E-state index in [0.717, 1.165) is 56.9 Å². The number of carboxylic acids is 1. The van der Waals surface area contributed by atoms with Crippen molar-refractivity contribution in [3.63, 3.8) is 0 Å². The second kappa shape index (κ2) is 17.5. The van der Waals surface area contributed by atoms with Crippen LogP contribution in [0, 0.1) is 23.7 Å². The number of nitrogens with one attached hydrogen (secondary N) is 3. The highest BCUT2D eigenvalue weighted by Gasteiger charge is 2.41. The second-order valence-electron chi connectivity index (χ2n) is 15.7. The highest BCUT2D eigenvalue weighted by atomic mass is 32.2. The third-order valence-corrected chi connectivity index (χ3v) is 15.6. The molecule has 0 aromatic heterocycles. The lowest BCUT2D eigenvalue weighted by molar-refractivity contribution is -0.142. The van der Waals surface area contributed by atoms with E-state index in [0.29, 0.717) is 68.7 Å². The lowest BCUT2D eigenvalue weighted by Gasteiger charge is -2.35. The standard InChI is InChI=1S/C35H62N4O7S2/c1-24(2)23-39(48(45,46)29-18-14-26(4)15-19-29)33(35(41)42)11-7-8-20-36-34(40)32(21-27-22-37-31-10-6-5-9-30(27)31)38-47(43,44)28-16-12-25(3)13-17-28/h22,24-26,28-33,37-38H,5-21,23H2,1-4H3,(H,36,40)(H,41,42)/t25?,26?,28?,29?,30?,31?,32-,33-/m0/s1. The molecule has 2 unspecified atom stereocenters. The summed E-state index contributed by atoms with van der Waals surface area (Å²) in [5.41, 5.74) is 1.09. The Morgan fingerprint density at radius 3 is 2.10 bits per heavy atom. The van der Waals surface area contributed by atoms with Crippen molar-refractivity contribution in [1.29, 1.82) is 0 Å². The number of aliphatic carboxylic acids is 1. The van der Waals surface area contributed by atoms with E-state index in [1.807, 2.05) is 20.0 Å². The van der Waals surface area contributed by atoms with Crippen LogP contribution in [0.5, 0.6) is 0 Å². The van der Waals surface area contributed by atoms with Gasteiger partial charge in [-0.2, -0.15) is 4.31 Å². The summed E-state index contributed by atoms with van der Waals surface area (Å²) in [5, 5.41) is 15.5. The Bertz CT molecular complexity index is 1320. The van der Waals surface area contributed by atoms with E-state index in [9.17, 15) is 31.5 Å². The van der Waals surface area contributed by atoms with Crippen LogP contribution in [0.15, 0.2) is 11.8 Å². The van der Waals surface area contributed by atoms with Gasteiger partial charge in [0.15, 0.2) is 0 Å². The van der Waals surface area contributed by atoms with Crippen molar-refractivity contribution in [2.75, 3.05) is 13.1 Å². The first-order valence-corrected chi connectivity index (χ1v) is 21.7. The van der Waals surface area contributed by atoms with Crippen molar-refractivity contribution >= 4 is 31.9 Å². The molecule has 1 amide bonds.